The van der Waals surface area contributed by atoms with Gasteiger partial charge in [0, 0.05) is 25.4 Å². The van der Waals surface area contributed by atoms with E-state index in [1.54, 1.807) is 6.08 Å². The average Bonchev–Trinajstić information content (AvgIpc) is 4.03. The van der Waals surface area contributed by atoms with Gasteiger partial charge in [-0.15, -0.1) is 0 Å². The lowest BCUT2D eigenvalue weighted by molar-refractivity contribution is -0.244. The number of carbonyl (C=O) groups is 5. The van der Waals surface area contributed by atoms with E-state index in [0.717, 1.165) is 16.0 Å². The van der Waals surface area contributed by atoms with Crippen molar-refractivity contribution in [2.24, 2.45) is 5.92 Å². The van der Waals surface area contributed by atoms with E-state index in [0.29, 0.717) is 65.3 Å². The maximum absolute atomic E-state index is 14.3. The van der Waals surface area contributed by atoms with E-state index < -0.39 is 86.6 Å². The van der Waals surface area contributed by atoms with Gasteiger partial charge in [0.1, 0.15) is 23.7 Å². The number of amides is 5. The van der Waals surface area contributed by atoms with Crippen LogP contribution < -0.4 is 15.4 Å². The Bertz CT molecular complexity index is 1800. The topological polar surface area (TPSA) is 181 Å². The number of sulfonamides is 1. The molecule has 0 radical (unpaired) electrons. The second kappa shape index (κ2) is 15.1. The Morgan fingerprint density at radius 2 is 1.74 bits per heavy atom. The zero-order valence-corrected chi connectivity index (χ0v) is 31.0. The smallest absolute Gasteiger partial charge is 0.427 e. The number of fused-ring (bicyclic) bond motifs is 3. The molecular formula is C36H46F3N5O9S. The fourth-order valence-electron chi connectivity index (χ4n) is 7.18. The van der Waals surface area contributed by atoms with E-state index in [1.807, 2.05) is 30.3 Å². The fraction of sp³-hybridized carbons (Fsp3) is 0.639. The lowest BCUT2D eigenvalue weighted by Gasteiger charge is -2.31. The molecule has 54 heavy (non-hydrogen) atoms. The van der Waals surface area contributed by atoms with Crippen LogP contribution in [0.5, 0.6) is 0 Å². The number of ether oxygens (including phenoxy) is 2. The Morgan fingerprint density at radius 1 is 1.02 bits per heavy atom. The summed E-state index contributed by atoms with van der Waals surface area (Å²) >= 11 is 0. The third kappa shape index (κ3) is 8.62. The first-order valence-electron chi connectivity index (χ1n) is 18.3. The maximum Gasteiger partial charge on any atom is 0.427 e. The van der Waals surface area contributed by atoms with Crippen molar-refractivity contribution in [3.05, 3.63) is 47.5 Å². The lowest BCUT2D eigenvalue weighted by atomic mass is 10.0. The van der Waals surface area contributed by atoms with Crippen molar-refractivity contribution in [3.63, 3.8) is 0 Å². The van der Waals surface area contributed by atoms with Gasteiger partial charge in [-0.05, 0) is 69.9 Å². The molecule has 1 aromatic rings. The molecule has 0 unspecified atom stereocenters. The fourth-order valence-corrected chi connectivity index (χ4v) is 8.54. The van der Waals surface area contributed by atoms with Crippen LogP contribution in [0.25, 0.3) is 0 Å². The van der Waals surface area contributed by atoms with Gasteiger partial charge in [-0.3, -0.25) is 19.1 Å². The third-order valence-electron chi connectivity index (χ3n) is 10.8. The number of hydrogen-bond acceptors (Lipinski definition) is 9. The summed E-state index contributed by atoms with van der Waals surface area (Å²) in [7, 11) is -3.97. The minimum Gasteiger partial charge on any atom is -0.444 e. The molecule has 3 N–H and O–H groups in total. The Hall–Kier alpha value is -4.35. The molecular weight excluding hydrogens is 735 g/mol. The van der Waals surface area contributed by atoms with Crippen molar-refractivity contribution in [1.29, 1.82) is 0 Å². The van der Waals surface area contributed by atoms with Crippen LogP contribution in [-0.2, 0) is 46.8 Å². The van der Waals surface area contributed by atoms with Crippen molar-refractivity contribution >= 4 is 39.9 Å². The van der Waals surface area contributed by atoms with Gasteiger partial charge in [0.05, 0.1) is 11.8 Å². The summed E-state index contributed by atoms with van der Waals surface area (Å²) in [6.45, 7) is 1.70. The molecule has 0 spiro atoms. The number of nitrogens with one attached hydrogen (secondary N) is 3. The van der Waals surface area contributed by atoms with Gasteiger partial charge in [-0.25, -0.2) is 18.0 Å². The Kier molecular flexibility index (Phi) is 11.0. The summed E-state index contributed by atoms with van der Waals surface area (Å²) in [4.78, 5) is 70.9. The Morgan fingerprint density at radius 3 is 2.44 bits per heavy atom. The van der Waals surface area contributed by atoms with E-state index in [4.69, 9.17) is 9.47 Å². The minimum atomic E-state index is -4.91. The van der Waals surface area contributed by atoms with Crippen LogP contribution in [0.3, 0.4) is 0 Å². The standard InChI is InChI=1S/C36H46F3N5O9S/c1-34(2,36(37,38)39)53-32(48)40-27-13-7-5-3-4-6-12-24-19-35(24,31(47)42-54(50,51)26-14-15-26)41-29(45)28-18-25(21-44(28)30(27)46)52-33(49)43-17-16-22-10-8-9-11-23(22)20-43/h6,8-12,24-28H,3-5,7,13-21H2,1-2H3,(H,40,48)(H,41,45)(H,42,47)/b12-6+/t24-,25-,27+,28+,35-/m1/s1. The summed E-state index contributed by atoms with van der Waals surface area (Å²) in [6, 6.07) is 4.88. The highest BCUT2D eigenvalue weighted by molar-refractivity contribution is 7.91. The maximum atomic E-state index is 14.3. The predicted octanol–water partition coefficient (Wildman–Crippen LogP) is 3.59. The molecule has 5 atom stereocenters. The highest BCUT2D eigenvalue weighted by Crippen LogP contribution is 2.46. The second-order valence-electron chi connectivity index (χ2n) is 15.3. The van der Waals surface area contributed by atoms with Gasteiger partial charge in [0.15, 0.2) is 0 Å². The number of nitrogens with zero attached hydrogens (tertiary/aromatic N) is 2. The number of benzene rings is 1. The van der Waals surface area contributed by atoms with Crippen molar-refractivity contribution in [2.75, 3.05) is 13.1 Å². The molecule has 5 aliphatic rings. The van der Waals surface area contributed by atoms with Crippen LogP contribution in [-0.4, -0.2) is 102 Å². The molecule has 0 bridgehead atoms. The first-order chi connectivity index (χ1) is 25.4. The molecule has 1 aromatic carbocycles. The molecule has 3 aliphatic heterocycles. The quantitative estimate of drug-likeness (QED) is 0.364. The minimum absolute atomic E-state index is 0.000564. The van der Waals surface area contributed by atoms with Crippen molar-refractivity contribution in [3.8, 4) is 0 Å². The second-order valence-corrected chi connectivity index (χ2v) is 17.3. The zero-order valence-electron chi connectivity index (χ0n) is 30.2. The van der Waals surface area contributed by atoms with Crippen LogP contribution in [0.4, 0.5) is 22.8 Å². The molecule has 5 amide bonds. The highest BCUT2D eigenvalue weighted by Gasteiger charge is 2.62. The summed E-state index contributed by atoms with van der Waals surface area (Å²) < 4.78 is 78.8. The van der Waals surface area contributed by atoms with Crippen LogP contribution in [0.2, 0.25) is 0 Å². The number of allylic oxidation sites excluding steroid dienone is 1. The molecule has 2 saturated carbocycles. The Labute approximate surface area is 311 Å². The van der Waals surface area contributed by atoms with Crippen LogP contribution >= 0.6 is 0 Å². The highest BCUT2D eigenvalue weighted by atomic mass is 32.2. The van der Waals surface area contributed by atoms with Gasteiger partial charge >= 0.3 is 18.4 Å². The SMILES string of the molecule is CC(C)(OC(=O)N[C@H]1CCCCC/C=C/[C@@H]2C[C@@]2(C(=O)NS(=O)(=O)C2CC2)NC(=O)[C@@H]2C[C@@H](OC(=O)N3CCc4ccccc4C3)CN2C1=O)C(F)(F)F. The number of alkyl carbamates (subject to hydrolysis) is 1. The van der Waals surface area contributed by atoms with Crippen LogP contribution in [0, 0.1) is 5.92 Å². The monoisotopic (exact) mass is 781 g/mol. The van der Waals surface area contributed by atoms with Crippen LogP contribution in [0.1, 0.15) is 82.8 Å². The third-order valence-corrected chi connectivity index (χ3v) is 12.6. The summed E-state index contributed by atoms with van der Waals surface area (Å²) in [5, 5.41) is 4.29. The predicted molar refractivity (Wildman–Crippen MR) is 186 cm³/mol. The van der Waals surface area contributed by atoms with Gasteiger partial charge < -0.3 is 29.9 Å². The molecule has 3 heterocycles. The zero-order chi connectivity index (χ0) is 39.1. The molecule has 6 rings (SSSR count). The summed E-state index contributed by atoms with van der Waals surface area (Å²) in [5.74, 6) is -3.08. The Balaban J connectivity index is 1.25. The molecule has 1 saturated heterocycles. The van der Waals surface area contributed by atoms with Crippen molar-refractivity contribution in [2.45, 2.75) is 125 Å². The van der Waals surface area contributed by atoms with E-state index in [1.165, 1.54) is 4.90 Å². The number of carbonyl (C=O) groups excluding carboxylic acids is 5. The molecule has 14 nitrogen and oxygen atoms in total. The van der Waals surface area contributed by atoms with Gasteiger partial charge in [-0.1, -0.05) is 49.3 Å². The number of hydrogen-bond donors (Lipinski definition) is 3. The van der Waals surface area contributed by atoms with E-state index in [-0.39, 0.29) is 32.4 Å². The number of halogens is 3. The molecule has 2 aliphatic carbocycles. The van der Waals surface area contributed by atoms with E-state index in [9.17, 15) is 45.6 Å². The number of alkyl halides is 3. The lowest BCUT2D eigenvalue weighted by Crippen LogP contribution is -2.58. The van der Waals surface area contributed by atoms with Gasteiger partial charge in [0.25, 0.3) is 5.91 Å². The molecule has 18 heteroatoms. The summed E-state index contributed by atoms with van der Waals surface area (Å²) in [6.07, 6.45) is -1.07. The summed E-state index contributed by atoms with van der Waals surface area (Å²) in [5.41, 5.74) is -2.46. The van der Waals surface area contributed by atoms with Crippen LogP contribution in [0.15, 0.2) is 36.4 Å². The molecule has 3 fully saturated rings. The molecule has 296 valence electrons. The van der Waals surface area contributed by atoms with E-state index in [2.05, 4.69) is 15.4 Å². The first kappa shape index (κ1) is 39.3. The largest absolute Gasteiger partial charge is 0.444 e. The van der Waals surface area contributed by atoms with Gasteiger partial charge in [-0.2, -0.15) is 13.2 Å². The molecule has 0 aromatic heterocycles. The van der Waals surface area contributed by atoms with Crippen molar-refractivity contribution < 1.29 is 55.0 Å². The number of rotatable bonds is 6. The first-order valence-corrected chi connectivity index (χ1v) is 19.9. The van der Waals surface area contributed by atoms with Gasteiger partial charge in [0.2, 0.25) is 27.4 Å². The van der Waals surface area contributed by atoms with Crippen molar-refractivity contribution in [1.82, 2.24) is 25.2 Å². The van der Waals surface area contributed by atoms with E-state index >= 15 is 0 Å². The normalized spacial score (nSPS) is 28.5. The average molecular weight is 782 g/mol.